The third-order valence-corrected chi connectivity index (χ3v) is 2.83. The number of nitrogens with one attached hydrogen (secondary N) is 3. The minimum absolute atomic E-state index is 0.267. The molecule has 0 unspecified atom stereocenters. The Hall–Kier alpha value is -2.41. The molecule has 0 saturated carbocycles. The summed E-state index contributed by atoms with van der Waals surface area (Å²) in [6.45, 7) is 0. The van der Waals surface area contributed by atoms with Gasteiger partial charge in [0.25, 0.3) is 0 Å². The number of imidazole rings is 1. The van der Waals surface area contributed by atoms with E-state index in [1.54, 1.807) is 6.20 Å². The van der Waals surface area contributed by atoms with Crippen molar-refractivity contribution in [2.24, 2.45) is 0 Å². The molecule has 2 rings (SSSR count). The van der Waals surface area contributed by atoms with E-state index in [1.807, 2.05) is 30.3 Å². The van der Waals surface area contributed by atoms with Crippen molar-refractivity contribution in [1.82, 2.24) is 15.3 Å². The summed E-state index contributed by atoms with van der Waals surface area (Å²) in [6.07, 6.45) is 3.37. The second kappa shape index (κ2) is 6.67. The fourth-order valence-electron chi connectivity index (χ4n) is 1.66. The van der Waals surface area contributed by atoms with Gasteiger partial charge >= 0.3 is 5.97 Å². The first-order chi connectivity index (χ1) is 9.65. The highest BCUT2D eigenvalue weighted by Gasteiger charge is 2.19. The van der Waals surface area contributed by atoms with E-state index in [0.29, 0.717) is 0 Å². The highest BCUT2D eigenvalue weighted by molar-refractivity contribution is 7.80. The van der Waals surface area contributed by atoms with Gasteiger partial charge in [-0.15, -0.1) is 0 Å². The van der Waals surface area contributed by atoms with Crippen molar-refractivity contribution >= 4 is 29.0 Å². The number of rotatable bonds is 5. The molecule has 1 aromatic carbocycles. The lowest BCUT2D eigenvalue weighted by Gasteiger charge is -2.16. The van der Waals surface area contributed by atoms with Crippen molar-refractivity contribution in [3.8, 4) is 0 Å². The third kappa shape index (κ3) is 4.06. The molecule has 6 nitrogen and oxygen atoms in total. The zero-order chi connectivity index (χ0) is 14.4. The van der Waals surface area contributed by atoms with Gasteiger partial charge in [-0.2, -0.15) is 0 Å². The lowest BCUT2D eigenvalue weighted by molar-refractivity contribution is -0.139. The van der Waals surface area contributed by atoms with Crippen molar-refractivity contribution in [3.05, 3.63) is 48.5 Å². The molecule has 0 aliphatic heterocycles. The van der Waals surface area contributed by atoms with E-state index in [0.717, 1.165) is 11.4 Å². The Morgan fingerprint density at radius 2 is 2.15 bits per heavy atom. The Kier molecular flexibility index (Phi) is 4.67. The fourth-order valence-corrected chi connectivity index (χ4v) is 1.92. The predicted molar refractivity (Wildman–Crippen MR) is 79.5 cm³/mol. The number of H-pyrrole nitrogens is 1. The van der Waals surface area contributed by atoms with E-state index < -0.39 is 12.0 Å². The summed E-state index contributed by atoms with van der Waals surface area (Å²) in [5.41, 5.74) is 1.53. The SMILES string of the molecule is O=C(O)[C@@H](Cc1cnc[nH]1)NC(=S)Nc1ccccc1. The predicted octanol–water partition coefficient (Wildman–Crippen LogP) is 1.39. The van der Waals surface area contributed by atoms with Crippen LogP contribution < -0.4 is 10.6 Å². The molecule has 1 aromatic heterocycles. The van der Waals surface area contributed by atoms with Crippen LogP contribution in [0.15, 0.2) is 42.9 Å². The molecule has 0 fully saturated rings. The monoisotopic (exact) mass is 290 g/mol. The molecule has 104 valence electrons. The van der Waals surface area contributed by atoms with E-state index in [-0.39, 0.29) is 11.5 Å². The van der Waals surface area contributed by atoms with Crippen LogP contribution in [0.3, 0.4) is 0 Å². The summed E-state index contributed by atoms with van der Waals surface area (Å²) in [4.78, 5) is 18.0. The molecule has 1 atom stereocenters. The summed E-state index contributed by atoms with van der Waals surface area (Å²) in [7, 11) is 0. The van der Waals surface area contributed by atoms with Crippen LogP contribution in [0.1, 0.15) is 5.69 Å². The quantitative estimate of drug-likeness (QED) is 0.622. The molecular formula is C13H14N4O2S. The number of carbonyl (C=O) groups is 1. The highest BCUT2D eigenvalue weighted by atomic mass is 32.1. The molecule has 2 aromatic rings. The van der Waals surface area contributed by atoms with Gasteiger partial charge in [0.05, 0.1) is 6.33 Å². The lowest BCUT2D eigenvalue weighted by atomic mass is 10.2. The number of hydrogen-bond acceptors (Lipinski definition) is 3. The Morgan fingerprint density at radius 1 is 1.40 bits per heavy atom. The minimum Gasteiger partial charge on any atom is -0.480 e. The van der Waals surface area contributed by atoms with Crippen LogP contribution in [0.4, 0.5) is 5.69 Å². The summed E-state index contributed by atoms with van der Waals surface area (Å²) in [5, 5.41) is 15.2. The Balaban J connectivity index is 1.94. The van der Waals surface area contributed by atoms with Gasteiger partial charge in [0.1, 0.15) is 6.04 Å². The molecule has 0 bridgehead atoms. The number of hydrogen-bond donors (Lipinski definition) is 4. The van der Waals surface area contributed by atoms with Crippen LogP contribution in [-0.4, -0.2) is 32.2 Å². The Labute approximate surface area is 121 Å². The molecular weight excluding hydrogens is 276 g/mol. The maximum atomic E-state index is 11.2. The van der Waals surface area contributed by atoms with Gasteiger partial charge in [-0.1, -0.05) is 18.2 Å². The van der Waals surface area contributed by atoms with Gasteiger partial charge in [-0.3, -0.25) is 0 Å². The van der Waals surface area contributed by atoms with Crippen LogP contribution in [0, 0.1) is 0 Å². The molecule has 20 heavy (non-hydrogen) atoms. The summed E-state index contributed by atoms with van der Waals surface area (Å²) in [5.74, 6) is -0.975. The van der Waals surface area contributed by atoms with E-state index in [2.05, 4.69) is 20.6 Å². The van der Waals surface area contributed by atoms with Crippen LogP contribution >= 0.6 is 12.2 Å². The van der Waals surface area contributed by atoms with Crippen LogP contribution in [0.2, 0.25) is 0 Å². The molecule has 0 spiro atoms. The van der Waals surface area contributed by atoms with Crippen LogP contribution in [0.5, 0.6) is 0 Å². The van der Waals surface area contributed by atoms with Crippen molar-refractivity contribution in [2.75, 3.05) is 5.32 Å². The van der Waals surface area contributed by atoms with Gasteiger partial charge in [0.15, 0.2) is 5.11 Å². The molecule has 0 aliphatic rings. The number of nitrogens with zero attached hydrogens (tertiary/aromatic N) is 1. The average molecular weight is 290 g/mol. The minimum atomic E-state index is -0.975. The number of carboxylic acids is 1. The maximum absolute atomic E-state index is 11.2. The van der Waals surface area contributed by atoms with Gasteiger partial charge in [0, 0.05) is 24.0 Å². The van der Waals surface area contributed by atoms with Crippen molar-refractivity contribution in [1.29, 1.82) is 0 Å². The number of para-hydroxylation sites is 1. The number of benzene rings is 1. The number of aromatic nitrogens is 2. The molecule has 4 N–H and O–H groups in total. The summed E-state index contributed by atoms with van der Waals surface area (Å²) in [6, 6.07) is 8.49. The van der Waals surface area contributed by atoms with Gasteiger partial charge in [0.2, 0.25) is 0 Å². The Morgan fingerprint density at radius 3 is 2.75 bits per heavy atom. The van der Waals surface area contributed by atoms with Crippen LogP contribution in [-0.2, 0) is 11.2 Å². The number of thiocarbonyl (C=S) groups is 1. The number of aliphatic carboxylic acids is 1. The molecule has 1 heterocycles. The van der Waals surface area contributed by atoms with Gasteiger partial charge in [-0.25, -0.2) is 9.78 Å². The smallest absolute Gasteiger partial charge is 0.326 e. The van der Waals surface area contributed by atoms with E-state index in [1.165, 1.54) is 6.33 Å². The normalized spacial score (nSPS) is 11.6. The average Bonchev–Trinajstić information content (AvgIpc) is 2.92. The topological polar surface area (TPSA) is 90.0 Å². The third-order valence-electron chi connectivity index (χ3n) is 2.61. The maximum Gasteiger partial charge on any atom is 0.326 e. The van der Waals surface area contributed by atoms with E-state index in [9.17, 15) is 9.90 Å². The molecule has 0 aliphatic carbocycles. The molecule has 0 saturated heterocycles. The zero-order valence-corrected chi connectivity index (χ0v) is 11.4. The lowest BCUT2D eigenvalue weighted by Crippen LogP contribution is -2.44. The van der Waals surface area contributed by atoms with Gasteiger partial charge in [-0.05, 0) is 24.4 Å². The molecule has 7 heteroatoms. The molecule has 0 amide bonds. The first-order valence-electron chi connectivity index (χ1n) is 5.98. The van der Waals surface area contributed by atoms with E-state index in [4.69, 9.17) is 12.2 Å². The summed E-state index contributed by atoms with van der Waals surface area (Å²) >= 11 is 5.12. The first-order valence-corrected chi connectivity index (χ1v) is 6.38. The van der Waals surface area contributed by atoms with Crippen molar-refractivity contribution in [2.45, 2.75) is 12.5 Å². The second-order valence-electron chi connectivity index (χ2n) is 4.14. The first kappa shape index (κ1) is 14.0. The zero-order valence-electron chi connectivity index (χ0n) is 10.5. The van der Waals surface area contributed by atoms with Gasteiger partial charge < -0.3 is 20.7 Å². The highest BCUT2D eigenvalue weighted by Crippen LogP contribution is 2.05. The largest absolute Gasteiger partial charge is 0.480 e. The van der Waals surface area contributed by atoms with E-state index >= 15 is 0 Å². The Bertz CT molecular complexity index is 571. The fraction of sp³-hybridized carbons (Fsp3) is 0.154. The van der Waals surface area contributed by atoms with Crippen LogP contribution in [0.25, 0.3) is 0 Å². The van der Waals surface area contributed by atoms with Crippen molar-refractivity contribution < 1.29 is 9.90 Å². The summed E-state index contributed by atoms with van der Waals surface area (Å²) < 4.78 is 0. The molecule has 0 radical (unpaired) electrons. The second-order valence-corrected chi connectivity index (χ2v) is 4.54. The standard InChI is InChI=1S/C13H14N4O2S/c18-12(19)11(6-10-7-14-8-15-10)17-13(20)16-9-4-2-1-3-5-9/h1-5,7-8,11H,6H2,(H,14,15)(H,18,19)(H2,16,17,20)/t11-/m1/s1. The van der Waals surface area contributed by atoms with Crippen molar-refractivity contribution in [3.63, 3.8) is 0 Å². The number of anilines is 1. The number of aromatic amines is 1. The number of carboxylic acid groups (broad SMARTS) is 1.